The number of carbonyl (C=O) groups excluding carboxylic acids is 1. The van der Waals surface area contributed by atoms with Crippen molar-refractivity contribution < 1.29 is 22.4 Å². The quantitative estimate of drug-likeness (QED) is 0.501. The van der Waals surface area contributed by atoms with Gasteiger partial charge in [0.2, 0.25) is 5.91 Å². The van der Waals surface area contributed by atoms with E-state index in [-0.39, 0.29) is 18.0 Å². The Bertz CT molecular complexity index is 693. The van der Waals surface area contributed by atoms with E-state index in [2.05, 4.69) is 5.32 Å². The van der Waals surface area contributed by atoms with Crippen molar-refractivity contribution in [2.45, 2.75) is 11.3 Å². The highest BCUT2D eigenvalue weighted by Gasteiger charge is 2.15. The molecule has 0 aliphatic rings. The van der Waals surface area contributed by atoms with E-state index >= 15 is 0 Å². The number of rotatable bonds is 5. The van der Waals surface area contributed by atoms with Gasteiger partial charge in [-0.25, -0.2) is 17.6 Å². The minimum absolute atomic E-state index is 0.0303. The van der Waals surface area contributed by atoms with Crippen molar-refractivity contribution in [1.82, 2.24) is 0 Å². The van der Waals surface area contributed by atoms with Crippen LogP contribution in [0.3, 0.4) is 0 Å². The highest BCUT2D eigenvalue weighted by molar-refractivity contribution is 7.99. The molecule has 0 aliphatic heterocycles. The Hall–Kier alpha value is -2.02. The number of amides is 1. The number of carbonyl (C=O) groups is 1. The first-order chi connectivity index (χ1) is 10.5. The maximum absolute atomic E-state index is 13.4. The number of hydrogen-bond acceptors (Lipinski definition) is 2. The van der Waals surface area contributed by atoms with Crippen molar-refractivity contribution in [2.24, 2.45) is 0 Å². The van der Waals surface area contributed by atoms with E-state index in [1.54, 1.807) is 18.2 Å². The second kappa shape index (κ2) is 7.31. The molecule has 0 radical (unpaired) electrons. The van der Waals surface area contributed by atoms with Gasteiger partial charge < -0.3 is 5.32 Å². The molecule has 0 heterocycles. The number of thioether (sulfide) groups is 1. The number of nitrogens with one attached hydrogen (secondary N) is 1. The van der Waals surface area contributed by atoms with Crippen molar-refractivity contribution in [3.8, 4) is 0 Å². The van der Waals surface area contributed by atoms with Gasteiger partial charge in [0.05, 0.1) is 5.69 Å². The summed E-state index contributed by atoms with van der Waals surface area (Å²) < 4.78 is 52.5. The molecule has 1 N–H and O–H groups in total. The smallest absolute Gasteiger partial charge is 0.225 e. The van der Waals surface area contributed by atoms with Crippen LogP contribution in [0.25, 0.3) is 0 Å². The molecule has 0 saturated carbocycles. The summed E-state index contributed by atoms with van der Waals surface area (Å²) in [5, 5.41) is 2.15. The number of hydrogen-bond donors (Lipinski definition) is 1. The summed E-state index contributed by atoms with van der Waals surface area (Å²) in [5.74, 6) is -5.12. The van der Waals surface area contributed by atoms with Crippen LogP contribution in [-0.4, -0.2) is 11.7 Å². The van der Waals surface area contributed by atoms with E-state index < -0.39 is 29.0 Å². The van der Waals surface area contributed by atoms with Gasteiger partial charge in [0.15, 0.2) is 17.5 Å². The van der Waals surface area contributed by atoms with Gasteiger partial charge in [-0.15, -0.1) is 11.8 Å². The maximum Gasteiger partial charge on any atom is 0.225 e. The maximum atomic E-state index is 13.4. The minimum atomic E-state index is -1.64. The summed E-state index contributed by atoms with van der Waals surface area (Å²) in [4.78, 5) is 12.0. The van der Waals surface area contributed by atoms with E-state index in [9.17, 15) is 22.4 Å². The molecule has 0 bridgehead atoms. The average molecular weight is 329 g/mol. The third-order valence-electron chi connectivity index (χ3n) is 2.73. The van der Waals surface area contributed by atoms with E-state index in [1.165, 1.54) is 6.07 Å². The molecule has 0 unspecified atom stereocenters. The van der Waals surface area contributed by atoms with Gasteiger partial charge in [0.1, 0.15) is 5.82 Å². The van der Waals surface area contributed by atoms with E-state index in [0.29, 0.717) is 4.90 Å². The van der Waals surface area contributed by atoms with Gasteiger partial charge in [0.25, 0.3) is 0 Å². The zero-order valence-electron chi connectivity index (χ0n) is 11.2. The Morgan fingerprint density at radius 2 is 1.68 bits per heavy atom. The van der Waals surface area contributed by atoms with E-state index in [1.807, 2.05) is 0 Å². The van der Waals surface area contributed by atoms with Crippen LogP contribution in [-0.2, 0) is 4.79 Å². The molecule has 2 nitrogen and oxygen atoms in total. The topological polar surface area (TPSA) is 29.1 Å². The van der Waals surface area contributed by atoms with Gasteiger partial charge in [-0.05, 0) is 24.3 Å². The molecule has 0 fully saturated rings. The van der Waals surface area contributed by atoms with Crippen LogP contribution in [0.2, 0.25) is 0 Å². The Labute approximate surface area is 128 Å². The molecule has 7 heteroatoms. The third kappa shape index (κ3) is 4.00. The van der Waals surface area contributed by atoms with Crippen LogP contribution in [0.4, 0.5) is 23.2 Å². The fraction of sp³-hybridized carbons (Fsp3) is 0.133. The van der Waals surface area contributed by atoms with E-state index in [4.69, 9.17) is 0 Å². The molecule has 0 aliphatic carbocycles. The van der Waals surface area contributed by atoms with Gasteiger partial charge in [-0.2, -0.15) is 0 Å². The summed E-state index contributed by atoms with van der Waals surface area (Å²) in [6.07, 6.45) is -0.0303. The van der Waals surface area contributed by atoms with Crippen LogP contribution in [0.1, 0.15) is 6.42 Å². The van der Waals surface area contributed by atoms with Crippen LogP contribution in [0, 0.1) is 23.3 Å². The van der Waals surface area contributed by atoms with Crippen molar-refractivity contribution >= 4 is 23.4 Å². The molecule has 0 aromatic heterocycles. The Kier molecular flexibility index (Phi) is 5.43. The SMILES string of the molecule is O=C(CCSc1ccccc1F)Nc1ccc(F)c(F)c1F. The largest absolute Gasteiger partial charge is 0.323 e. The zero-order valence-corrected chi connectivity index (χ0v) is 12.0. The third-order valence-corrected chi connectivity index (χ3v) is 3.78. The van der Waals surface area contributed by atoms with Gasteiger partial charge in [0, 0.05) is 17.1 Å². The van der Waals surface area contributed by atoms with Crippen molar-refractivity contribution in [3.63, 3.8) is 0 Å². The lowest BCUT2D eigenvalue weighted by atomic mass is 10.2. The molecule has 22 heavy (non-hydrogen) atoms. The fourth-order valence-corrected chi connectivity index (χ4v) is 2.54. The summed E-state index contributed by atoms with van der Waals surface area (Å²) in [5.41, 5.74) is -0.431. The lowest BCUT2D eigenvalue weighted by Gasteiger charge is -2.07. The molecule has 1 amide bonds. The minimum Gasteiger partial charge on any atom is -0.323 e. The van der Waals surface area contributed by atoms with Crippen molar-refractivity contribution in [3.05, 3.63) is 59.7 Å². The summed E-state index contributed by atoms with van der Waals surface area (Å²) in [6.45, 7) is 0. The zero-order chi connectivity index (χ0) is 16.1. The van der Waals surface area contributed by atoms with Crippen LogP contribution in [0.5, 0.6) is 0 Å². The molecular weight excluding hydrogens is 318 g/mol. The Balaban J connectivity index is 1.89. The molecule has 2 aromatic rings. The van der Waals surface area contributed by atoms with Gasteiger partial charge in [-0.3, -0.25) is 4.79 Å². The molecule has 0 saturated heterocycles. The first-order valence-electron chi connectivity index (χ1n) is 6.29. The summed E-state index contributed by atoms with van der Waals surface area (Å²) in [7, 11) is 0. The first-order valence-corrected chi connectivity index (χ1v) is 7.28. The molecule has 2 aromatic carbocycles. The monoisotopic (exact) mass is 329 g/mol. The first kappa shape index (κ1) is 16.4. The highest BCUT2D eigenvalue weighted by Crippen LogP contribution is 2.23. The normalized spacial score (nSPS) is 10.5. The average Bonchev–Trinajstić information content (AvgIpc) is 2.50. The van der Waals surface area contributed by atoms with Crippen LogP contribution < -0.4 is 5.32 Å². The fourth-order valence-electron chi connectivity index (χ4n) is 1.65. The van der Waals surface area contributed by atoms with Crippen LogP contribution >= 0.6 is 11.8 Å². The molecule has 2 rings (SSSR count). The Morgan fingerprint density at radius 1 is 0.955 bits per heavy atom. The lowest BCUT2D eigenvalue weighted by molar-refractivity contribution is -0.115. The van der Waals surface area contributed by atoms with Crippen molar-refractivity contribution in [1.29, 1.82) is 0 Å². The predicted molar refractivity (Wildman–Crippen MR) is 76.7 cm³/mol. The van der Waals surface area contributed by atoms with Gasteiger partial charge >= 0.3 is 0 Å². The number of benzene rings is 2. The molecule has 0 spiro atoms. The molecular formula is C15H11F4NOS. The lowest BCUT2D eigenvalue weighted by Crippen LogP contribution is -2.14. The summed E-state index contributed by atoms with van der Waals surface area (Å²) in [6, 6.07) is 7.77. The predicted octanol–water partition coefficient (Wildman–Crippen LogP) is 4.36. The number of halogens is 4. The number of anilines is 1. The van der Waals surface area contributed by atoms with Crippen molar-refractivity contribution in [2.75, 3.05) is 11.1 Å². The highest BCUT2D eigenvalue weighted by atomic mass is 32.2. The molecule has 0 atom stereocenters. The van der Waals surface area contributed by atoms with E-state index in [0.717, 1.165) is 23.9 Å². The van der Waals surface area contributed by atoms with Crippen LogP contribution in [0.15, 0.2) is 41.3 Å². The second-order valence-corrected chi connectivity index (χ2v) is 5.44. The summed E-state index contributed by atoms with van der Waals surface area (Å²) >= 11 is 1.13. The van der Waals surface area contributed by atoms with Gasteiger partial charge in [-0.1, -0.05) is 12.1 Å². The second-order valence-electron chi connectivity index (χ2n) is 4.30. The molecule has 116 valence electrons. The Morgan fingerprint density at radius 3 is 2.41 bits per heavy atom. The standard InChI is InChI=1S/C15H11F4NOS/c16-9-3-1-2-4-12(9)22-8-7-13(21)20-11-6-5-10(17)14(18)15(11)19/h1-6H,7-8H2,(H,20,21).